The van der Waals surface area contributed by atoms with Crippen molar-refractivity contribution in [3.63, 3.8) is 0 Å². The number of fused-ring (bicyclic) bond motifs is 1. The van der Waals surface area contributed by atoms with Gasteiger partial charge in [-0.25, -0.2) is 0 Å². The normalized spacial score (nSPS) is 11.6. The van der Waals surface area contributed by atoms with Gasteiger partial charge in [-0.2, -0.15) is 0 Å². The largest absolute Gasteiger partial charge is 0.369 e. The van der Waals surface area contributed by atoms with E-state index in [1.54, 1.807) is 0 Å². The second-order valence-electron chi connectivity index (χ2n) is 8.99. The van der Waals surface area contributed by atoms with Gasteiger partial charge in [-0.3, -0.25) is 4.79 Å². The molecular weight excluding hydrogens is 444 g/mol. The number of hydrogen-bond acceptors (Lipinski definition) is 2. The molecule has 0 spiro atoms. The summed E-state index contributed by atoms with van der Waals surface area (Å²) in [6.07, 6.45) is 3.10. The van der Waals surface area contributed by atoms with E-state index in [0.717, 1.165) is 46.1 Å². The van der Waals surface area contributed by atoms with Crippen molar-refractivity contribution in [1.29, 1.82) is 0 Å². The molecule has 0 saturated carbocycles. The molecule has 0 atom stereocenters. The zero-order chi connectivity index (χ0) is 24.8. The molecule has 4 heteroatoms. The van der Waals surface area contributed by atoms with E-state index < -0.39 is 5.60 Å². The fraction of sp³-hybridized carbons (Fsp3) is 0.156. The van der Waals surface area contributed by atoms with Gasteiger partial charge in [0.15, 0.2) is 0 Å². The molecule has 0 fully saturated rings. The van der Waals surface area contributed by atoms with Crippen LogP contribution in [-0.4, -0.2) is 17.1 Å². The smallest absolute Gasteiger partial charge is 0.221 e. The minimum atomic E-state index is -0.723. The van der Waals surface area contributed by atoms with Gasteiger partial charge < -0.3 is 15.0 Å². The Bertz CT molecular complexity index is 1330. The highest BCUT2D eigenvalue weighted by molar-refractivity contribution is 5.88. The highest BCUT2D eigenvalue weighted by atomic mass is 16.5. The summed E-state index contributed by atoms with van der Waals surface area (Å²) in [5.74, 6) is -0.320. The third-order valence-electron chi connectivity index (χ3n) is 6.64. The fourth-order valence-electron chi connectivity index (χ4n) is 5.07. The molecule has 0 radical (unpaired) electrons. The number of carbonyl (C=O) groups is 1. The average molecular weight is 475 g/mol. The molecule has 0 aliphatic carbocycles. The molecule has 2 N–H and O–H groups in total. The first-order valence-electron chi connectivity index (χ1n) is 12.3. The van der Waals surface area contributed by atoms with Gasteiger partial charge in [0.1, 0.15) is 5.60 Å². The molecule has 4 nitrogen and oxygen atoms in total. The summed E-state index contributed by atoms with van der Waals surface area (Å²) < 4.78 is 9.11. The van der Waals surface area contributed by atoms with Gasteiger partial charge in [0, 0.05) is 23.6 Å². The van der Waals surface area contributed by atoms with Crippen LogP contribution in [0.1, 0.15) is 28.7 Å². The van der Waals surface area contributed by atoms with Gasteiger partial charge in [0.05, 0.1) is 13.0 Å². The van der Waals surface area contributed by atoms with Crippen LogP contribution >= 0.6 is 0 Å². The summed E-state index contributed by atoms with van der Waals surface area (Å²) in [4.78, 5) is 11.6. The molecule has 0 bridgehead atoms. The number of nitrogens with zero attached hydrogens (tertiary/aromatic N) is 1. The number of ether oxygens (including phenoxy) is 1. The van der Waals surface area contributed by atoms with Gasteiger partial charge in [0.25, 0.3) is 0 Å². The molecule has 1 heterocycles. The van der Waals surface area contributed by atoms with Crippen LogP contribution in [-0.2, 0) is 28.1 Å². The molecule has 5 aromatic rings. The number of amides is 1. The zero-order valence-electron chi connectivity index (χ0n) is 20.2. The van der Waals surface area contributed by atoms with Gasteiger partial charge in [-0.05, 0) is 34.7 Å². The maximum atomic E-state index is 11.6. The maximum Gasteiger partial charge on any atom is 0.221 e. The molecular formula is C32H30N2O2. The van der Waals surface area contributed by atoms with E-state index in [1.807, 2.05) is 42.6 Å². The van der Waals surface area contributed by atoms with Crippen LogP contribution in [0.5, 0.6) is 0 Å². The van der Waals surface area contributed by atoms with Crippen molar-refractivity contribution in [2.24, 2.45) is 5.73 Å². The molecule has 1 aromatic heterocycles. The molecule has 36 heavy (non-hydrogen) atoms. The molecule has 4 aromatic carbocycles. The summed E-state index contributed by atoms with van der Waals surface area (Å²) in [6, 6.07) is 39.4. The van der Waals surface area contributed by atoms with Gasteiger partial charge in [-0.15, -0.1) is 0 Å². The third kappa shape index (κ3) is 4.68. The van der Waals surface area contributed by atoms with Crippen LogP contribution in [0.2, 0.25) is 0 Å². The number of para-hydroxylation sites is 1. The first-order chi connectivity index (χ1) is 17.7. The van der Waals surface area contributed by atoms with E-state index in [9.17, 15) is 4.79 Å². The topological polar surface area (TPSA) is 57.2 Å². The monoisotopic (exact) mass is 474 g/mol. The van der Waals surface area contributed by atoms with E-state index >= 15 is 0 Å². The predicted octanol–water partition coefficient (Wildman–Crippen LogP) is 6.07. The number of aromatic nitrogens is 1. The van der Waals surface area contributed by atoms with E-state index in [4.69, 9.17) is 10.5 Å². The van der Waals surface area contributed by atoms with Crippen LogP contribution < -0.4 is 5.73 Å². The highest BCUT2D eigenvalue weighted by Crippen LogP contribution is 2.40. The Kier molecular flexibility index (Phi) is 6.96. The van der Waals surface area contributed by atoms with Crippen molar-refractivity contribution in [1.82, 2.24) is 4.57 Å². The first kappa shape index (κ1) is 23.6. The lowest BCUT2D eigenvalue weighted by atomic mass is 9.80. The van der Waals surface area contributed by atoms with Crippen LogP contribution in [0.3, 0.4) is 0 Å². The van der Waals surface area contributed by atoms with Crippen LogP contribution in [0.25, 0.3) is 10.9 Å². The Hall–Kier alpha value is -4.15. The maximum absolute atomic E-state index is 11.6. The first-order valence-corrected chi connectivity index (χ1v) is 12.3. The van der Waals surface area contributed by atoms with E-state index in [2.05, 4.69) is 83.4 Å². The number of primary amides is 1. The Morgan fingerprint density at radius 3 is 1.75 bits per heavy atom. The standard InChI is InChI=1S/C32H30N2O2/c33-31(35)23-25-24-34(30-20-11-10-19-29(25)30)21-12-22-36-32(26-13-4-1-5-14-26,27-15-6-2-7-16-27)28-17-8-3-9-18-28/h1-11,13-20,24H,12,21-23H2,(H2,33,35). The van der Waals surface area contributed by atoms with Crippen LogP contribution in [0.4, 0.5) is 0 Å². The Morgan fingerprint density at radius 1 is 0.722 bits per heavy atom. The van der Waals surface area contributed by atoms with Gasteiger partial charge >= 0.3 is 0 Å². The third-order valence-corrected chi connectivity index (χ3v) is 6.64. The molecule has 0 saturated heterocycles. The van der Waals surface area contributed by atoms with Crippen molar-refractivity contribution < 1.29 is 9.53 Å². The van der Waals surface area contributed by atoms with Crippen molar-refractivity contribution in [3.05, 3.63) is 144 Å². The number of nitrogens with two attached hydrogens (primary N) is 1. The average Bonchev–Trinajstić information content (AvgIpc) is 3.27. The molecule has 1 amide bonds. The van der Waals surface area contributed by atoms with Gasteiger partial charge in [0.2, 0.25) is 5.91 Å². The number of carbonyl (C=O) groups excluding carboxylic acids is 1. The van der Waals surface area contributed by atoms with Crippen LogP contribution in [0.15, 0.2) is 121 Å². The van der Waals surface area contributed by atoms with Crippen molar-refractivity contribution in [3.8, 4) is 0 Å². The van der Waals surface area contributed by atoms with E-state index in [-0.39, 0.29) is 12.3 Å². The second kappa shape index (κ2) is 10.6. The summed E-state index contributed by atoms with van der Waals surface area (Å²) in [6.45, 7) is 1.32. The number of aryl methyl sites for hydroxylation is 1. The van der Waals surface area contributed by atoms with E-state index in [1.165, 1.54) is 0 Å². The SMILES string of the molecule is NC(=O)Cc1cn(CCCOC(c2ccccc2)(c2ccccc2)c2ccccc2)c2ccccc12. The summed E-state index contributed by atoms with van der Waals surface area (Å²) in [5.41, 5.74) is 10.1. The summed E-state index contributed by atoms with van der Waals surface area (Å²) >= 11 is 0. The fourth-order valence-corrected chi connectivity index (χ4v) is 5.07. The predicted molar refractivity (Wildman–Crippen MR) is 145 cm³/mol. The Morgan fingerprint density at radius 2 is 1.22 bits per heavy atom. The van der Waals surface area contributed by atoms with Crippen molar-refractivity contribution >= 4 is 16.8 Å². The molecule has 0 aliphatic heterocycles. The minimum Gasteiger partial charge on any atom is -0.369 e. The summed E-state index contributed by atoms with van der Waals surface area (Å²) in [5, 5.41) is 1.07. The number of rotatable bonds is 10. The van der Waals surface area contributed by atoms with E-state index in [0.29, 0.717) is 6.61 Å². The Balaban J connectivity index is 1.45. The molecule has 0 unspecified atom stereocenters. The Labute approximate surface area is 212 Å². The number of benzene rings is 4. The number of hydrogen-bond donors (Lipinski definition) is 1. The minimum absolute atomic E-state index is 0.239. The zero-order valence-corrected chi connectivity index (χ0v) is 20.2. The lowest BCUT2D eigenvalue weighted by Crippen LogP contribution is -2.33. The van der Waals surface area contributed by atoms with Crippen molar-refractivity contribution in [2.75, 3.05) is 6.61 Å². The second-order valence-corrected chi connectivity index (χ2v) is 8.99. The quantitative estimate of drug-likeness (QED) is 0.197. The summed E-state index contributed by atoms with van der Waals surface area (Å²) in [7, 11) is 0. The van der Waals surface area contributed by atoms with Gasteiger partial charge in [-0.1, -0.05) is 109 Å². The lowest BCUT2D eigenvalue weighted by molar-refractivity contribution is -0.117. The molecule has 5 rings (SSSR count). The van der Waals surface area contributed by atoms with Crippen molar-refractivity contribution in [2.45, 2.75) is 25.0 Å². The highest BCUT2D eigenvalue weighted by Gasteiger charge is 2.37. The van der Waals surface area contributed by atoms with Crippen LogP contribution in [0, 0.1) is 0 Å². The molecule has 0 aliphatic rings. The molecule has 180 valence electrons. The lowest BCUT2D eigenvalue weighted by Gasteiger charge is -2.36.